The molecule has 2 aromatic rings. The third-order valence-corrected chi connectivity index (χ3v) is 3.85. The van der Waals surface area contributed by atoms with Gasteiger partial charge >= 0.3 is 5.97 Å². The molecule has 0 unspecified atom stereocenters. The Morgan fingerprint density at radius 3 is 2.71 bits per heavy atom. The average Bonchev–Trinajstić information content (AvgIpc) is 3.15. The summed E-state index contributed by atoms with van der Waals surface area (Å²) in [6.07, 6.45) is 2.27. The van der Waals surface area contributed by atoms with Crippen molar-refractivity contribution in [3.05, 3.63) is 41.9 Å². The SMILES string of the molecule is O=C(CCc1ncc(-c2ccc(F)cc2F)o1)NC1(C(=O)O)CC1. The molecule has 0 aliphatic heterocycles. The lowest BCUT2D eigenvalue weighted by atomic mass is 10.2. The van der Waals surface area contributed by atoms with Gasteiger partial charge in [0, 0.05) is 18.9 Å². The molecule has 1 aromatic heterocycles. The molecule has 1 aliphatic rings. The number of carbonyl (C=O) groups is 2. The first kappa shape index (κ1) is 16.1. The first-order chi connectivity index (χ1) is 11.4. The maximum atomic E-state index is 13.7. The van der Waals surface area contributed by atoms with Crippen molar-refractivity contribution >= 4 is 11.9 Å². The molecule has 0 bridgehead atoms. The molecule has 1 aliphatic carbocycles. The lowest BCUT2D eigenvalue weighted by Crippen LogP contribution is -2.43. The molecule has 24 heavy (non-hydrogen) atoms. The van der Waals surface area contributed by atoms with Gasteiger partial charge in [-0.15, -0.1) is 0 Å². The van der Waals surface area contributed by atoms with Gasteiger partial charge in [0.2, 0.25) is 5.91 Å². The quantitative estimate of drug-likeness (QED) is 0.844. The number of nitrogens with zero attached hydrogens (tertiary/aromatic N) is 1. The van der Waals surface area contributed by atoms with Crippen LogP contribution >= 0.6 is 0 Å². The minimum Gasteiger partial charge on any atom is -0.480 e. The lowest BCUT2D eigenvalue weighted by molar-refractivity contribution is -0.143. The van der Waals surface area contributed by atoms with Gasteiger partial charge in [-0.3, -0.25) is 4.79 Å². The van der Waals surface area contributed by atoms with E-state index in [0.717, 1.165) is 12.1 Å². The maximum absolute atomic E-state index is 13.7. The van der Waals surface area contributed by atoms with Crippen LogP contribution in [0, 0.1) is 11.6 Å². The summed E-state index contributed by atoms with van der Waals surface area (Å²) in [6, 6.07) is 3.09. The van der Waals surface area contributed by atoms with Crippen LogP contribution < -0.4 is 5.32 Å². The lowest BCUT2D eigenvalue weighted by Gasteiger charge is -2.11. The van der Waals surface area contributed by atoms with Gasteiger partial charge in [0.15, 0.2) is 11.7 Å². The molecule has 1 amide bonds. The Morgan fingerprint density at radius 1 is 1.33 bits per heavy atom. The van der Waals surface area contributed by atoms with Crippen LogP contribution in [0.2, 0.25) is 0 Å². The van der Waals surface area contributed by atoms with Crippen LogP contribution in [0.5, 0.6) is 0 Å². The standard InChI is InChI=1S/C16H14F2N2O4/c17-9-1-2-10(11(18)7-9)12-8-19-14(24-12)4-3-13(21)20-16(5-6-16)15(22)23/h1-2,7-8H,3-6H2,(H,20,21)(H,22,23). The molecule has 126 valence electrons. The molecular formula is C16H14F2N2O4. The van der Waals surface area contributed by atoms with E-state index in [1.165, 1.54) is 12.3 Å². The fourth-order valence-corrected chi connectivity index (χ4v) is 2.31. The Balaban J connectivity index is 1.60. The molecule has 0 saturated heterocycles. The van der Waals surface area contributed by atoms with Crippen molar-refractivity contribution in [1.82, 2.24) is 10.3 Å². The topological polar surface area (TPSA) is 92.4 Å². The molecule has 1 heterocycles. The molecule has 8 heteroatoms. The van der Waals surface area contributed by atoms with Crippen LogP contribution in [0.1, 0.15) is 25.2 Å². The van der Waals surface area contributed by atoms with Gasteiger partial charge in [0.1, 0.15) is 17.2 Å². The highest BCUT2D eigenvalue weighted by Gasteiger charge is 2.51. The predicted octanol–water partition coefficient (Wildman–Crippen LogP) is 2.29. The van der Waals surface area contributed by atoms with Crippen molar-refractivity contribution in [3.63, 3.8) is 0 Å². The summed E-state index contributed by atoms with van der Waals surface area (Å²) < 4.78 is 31.9. The van der Waals surface area contributed by atoms with Gasteiger partial charge in [-0.05, 0) is 25.0 Å². The Kier molecular flexibility index (Phi) is 4.04. The van der Waals surface area contributed by atoms with Crippen LogP contribution in [0.4, 0.5) is 8.78 Å². The number of aliphatic carboxylic acids is 1. The number of carbonyl (C=O) groups excluding carboxylic acids is 1. The summed E-state index contributed by atoms with van der Waals surface area (Å²) in [5.74, 6) is -2.58. The number of hydrogen-bond donors (Lipinski definition) is 2. The van der Waals surface area contributed by atoms with Gasteiger partial charge in [0.05, 0.1) is 11.8 Å². The van der Waals surface area contributed by atoms with E-state index < -0.39 is 29.0 Å². The van der Waals surface area contributed by atoms with E-state index >= 15 is 0 Å². The second kappa shape index (κ2) is 6.03. The first-order valence-electron chi connectivity index (χ1n) is 7.34. The van der Waals surface area contributed by atoms with Crippen molar-refractivity contribution in [1.29, 1.82) is 0 Å². The van der Waals surface area contributed by atoms with E-state index in [1.807, 2.05) is 0 Å². The zero-order valence-corrected chi connectivity index (χ0v) is 12.5. The Hall–Kier alpha value is -2.77. The molecule has 2 N–H and O–H groups in total. The zero-order chi connectivity index (χ0) is 17.3. The van der Waals surface area contributed by atoms with Crippen molar-refractivity contribution in [2.75, 3.05) is 0 Å². The molecule has 0 spiro atoms. The Labute approximate surface area is 135 Å². The van der Waals surface area contributed by atoms with Crippen LogP contribution in [0.3, 0.4) is 0 Å². The first-order valence-corrected chi connectivity index (χ1v) is 7.34. The fourth-order valence-electron chi connectivity index (χ4n) is 2.31. The summed E-state index contributed by atoms with van der Waals surface area (Å²) in [5.41, 5.74) is -1.06. The second-order valence-corrected chi connectivity index (χ2v) is 5.68. The number of nitrogens with one attached hydrogen (secondary N) is 1. The molecule has 0 atom stereocenters. The molecule has 6 nitrogen and oxygen atoms in total. The van der Waals surface area contributed by atoms with E-state index in [2.05, 4.69) is 10.3 Å². The number of oxazole rings is 1. The number of aryl methyl sites for hydroxylation is 1. The smallest absolute Gasteiger partial charge is 0.329 e. The molecule has 0 radical (unpaired) electrons. The van der Waals surface area contributed by atoms with Crippen molar-refractivity contribution in [2.45, 2.75) is 31.2 Å². The number of rotatable bonds is 6. The molecule has 1 fully saturated rings. The molecule has 3 rings (SSSR count). The summed E-state index contributed by atoms with van der Waals surface area (Å²) in [7, 11) is 0. The highest BCUT2D eigenvalue weighted by molar-refractivity contribution is 5.89. The number of hydrogen-bond acceptors (Lipinski definition) is 4. The van der Waals surface area contributed by atoms with Gasteiger partial charge in [0.25, 0.3) is 0 Å². The van der Waals surface area contributed by atoms with E-state index in [1.54, 1.807) is 0 Å². The largest absolute Gasteiger partial charge is 0.480 e. The van der Waals surface area contributed by atoms with Gasteiger partial charge in [-0.1, -0.05) is 0 Å². The van der Waals surface area contributed by atoms with Crippen molar-refractivity contribution in [2.24, 2.45) is 0 Å². The third-order valence-electron chi connectivity index (χ3n) is 3.85. The normalized spacial score (nSPS) is 15.1. The number of aromatic nitrogens is 1. The van der Waals surface area contributed by atoms with Gasteiger partial charge in [-0.2, -0.15) is 0 Å². The van der Waals surface area contributed by atoms with Crippen LogP contribution in [-0.2, 0) is 16.0 Å². The number of amides is 1. The van der Waals surface area contributed by atoms with Crippen LogP contribution in [-0.4, -0.2) is 27.5 Å². The van der Waals surface area contributed by atoms with E-state index in [-0.39, 0.29) is 30.1 Å². The Morgan fingerprint density at radius 2 is 2.08 bits per heavy atom. The number of benzene rings is 1. The summed E-state index contributed by atoms with van der Waals surface area (Å²) in [4.78, 5) is 26.8. The van der Waals surface area contributed by atoms with Crippen molar-refractivity contribution in [3.8, 4) is 11.3 Å². The monoisotopic (exact) mass is 336 g/mol. The van der Waals surface area contributed by atoms with Crippen LogP contribution in [0.25, 0.3) is 11.3 Å². The molecule has 1 aromatic carbocycles. The summed E-state index contributed by atoms with van der Waals surface area (Å²) >= 11 is 0. The fraction of sp³-hybridized carbons (Fsp3) is 0.312. The van der Waals surface area contributed by atoms with Crippen molar-refractivity contribution < 1.29 is 27.9 Å². The average molecular weight is 336 g/mol. The zero-order valence-electron chi connectivity index (χ0n) is 12.5. The van der Waals surface area contributed by atoms with Crippen LogP contribution in [0.15, 0.2) is 28.8 Å². The summed E-state index contributed by atoms with van der Waals surface area (Å²) in [5, 5.41) is 11.5. The van der Waals surface area contributed by atoms with Gasteiger partial charge in [-0.25, -0.2) is 18.6 Å². The second-order valence-electron chi connectivity index (χ2n) is 5.68. The van der Waals surface area contributed by atoms with E-state index in [0.29, 0.717) is 12.8 Å². The minimum atomic E-state index is -1.13. The summed E-state index contributed by atoms with van der Waals surface area (Å²) in [6.45, 7) is 0. The highest BCUT2D eigenvalue weighted by atomic mass is 19.1. The molecular weight excluding hydrogens is 322 g/mol. The minimum absolute atomic E-state index is 0.000876. The van der Waals surface area contributed by atoms with E-state index in [9.17, 15) is 18.4 Å². The van der Waals surface area contributed by atoms with Gasteiger partial charge < -0.3 is 14.8 Å². The van der Waals surface area contributed by atoms with E-state index in [4.69, 9.17) is 9.52 Å². The number of carboxylic acids is 1. The Bertz CT molecular complexity index is 799. The predicted molar refractivity (Wildman–Crippen MR) is 77.9 cm³/mol. The number of carboxylic acid groups (broad SMARTS) is 1. The maximum Gasteiger partial charge on any atom is 0.329 e. The molecule has 1 saturated carbocycles. The third kappa shape index (κ3) is 3.27. The number of halogens is 2. The highest BCUT2D eigenvalue weighted by Crippen LogP contribution is 2.35.